The maximum atomic E-state index is 12.6. The SMILES string of the molecule is COC(=O)C(NC(=O)C1CCCc2ccccc21)C(C)C. The first-order valence-corrected chi connectivity index (χ1v) is 7.50. The van der Waals surface area contributed by atoms with Crippen molar-refractivity contribution in [3.63, 3.8) is 0 Å². The molecule has 0 aliphatic heterocycles. The van der Waals surface area contributed by atoms with Crippen LogP contribution in [0.15, 0.2) is 24.3 Å². The summed E-state index contributed by atoms with van der Waals surface area (Å²) in [5.74, 6) is -0.630. The van der Waals surface area contributed by atoms with E-state index in [1.54, 1.807) is 0 Å². The molecule has 1 aliphatic rings. The van der Waals surface area contributed by atoms with Crippen LogP contribution in [0.3, 0.4) is 0 Å². The first kappa shape index (κ1) is 15.5. The van der Waals surface area contributed by atoms with Gasteiger partial charge < -0.3 is 10.1 Å². The number of benzene rings is 1. The molecule has 21 heavy (non-hydrogen) atoms. The van der Waals surface area contributed by atoms with Crippen LogP contribution in [-0.4, -0.2) is 25.0 Å². The number of carbonyl (C=O) groups is 2. The fourth-order valence-corrected chi connectivity index (χ4v) is 2.90. The molecule has 2 atom stereocenters. The van der Waals surface area contributed by atoms with E-state index < -0.39 is 6.04 Å². The summed E-state index contributed by atoms with van der Waals surface area (Å²) < 4.78 is 4.78. The van der Waals surface area contributed by atoms with Gasteiger partial charge in [-0.15, -0.1) is 0 Å². The zero-order valence-corrected chi connectivity index (χ0v) is 12.9. The number of nitrogens with one attached hydrogen (secondary N) is 1. The zero-order chi connectivity index (χ0) is 15.4. The average Bonchev–Trinajstić information content (AvgIpc) is 2.50. The number of hydrogen-bond acceptors (Lipinski definition) is 3. The molecule has 2 unspecified atom stereocenters. The third-order valence-corrected chi connectivity index (χ3v) is 4.11. The molecular formula is C17H23NO3. The number of methoxy groups -OCH3 is 1. The van der Waals surface area contributed by atoms with Gasteiger partial charge in [-0.25, -0.2) is 4.79 Å². The molecule has 1 aromatic rings. The molecule has 2 rings (SSSR count). The summed E-state index contributed by atoms with van der Waals surface area (Å²) in [6.07, 6.45) is 2.85. The van der Waals surface area contributed by atoms with Crippen molar-refractivity contribution < 1.29 is 14.3 Å². The van der Waals surface area contributed by atoms with Gasteiger partial charge in [-0.1, -0.05) is 38.1 Å². The standard InChI is InChI=1S/C17H23NO3/c1-11(2)15(17(20)21-3)18-16(19)14-10-6-8-12-7-4-5-9-13(12)14/h4-5,7,9,11,14-15H,6,8,10H2,1-3H3,(H,18,19). The second-order valence-electron chi connectivity index (χ2n) is 5.90. The highest BCUT2D eigenvalue weighted by Gasteiger charge is 2.31. The highest BCUT2D eigenvalue weighted by atomic mass is 16.5. The normalized spacial score (nSPS) is 18.8. The van der Waals surface area contributed by atoms with Crippen molar-refractivity contribution in [1.82, 2.24) is 5.32 Å². The highest BCUT2D eigenvalue weighted by Crippen LogP contribution is 2.31. The van der Waals surface area contributed by atoms with Crippen LogP contribution in [-0.2, 0) is 20.7 Å². The molecule has 0 fully saturated rings. The predicted octanol–water partition coefficient (Wildman–Crippen LogP) is 2.42. The second-order valence-corrected chi connectivity index (χ2v) is 5.90. The van der Waals surface area contributed by atoms with Crippen LogP contribution in [0.5, 0.6) is 0 Å². The summed E-state index contributed by atoms with van der Waals surface area (Å²) in [4.78, 5) is 24.4. The Kier molecular flexibility index (Phi) is 4.99. The first-order chi connectivity index (χ1) is 10.0. The van der Waals surface area contributed by atoms with Crippen molar-refractivity contribution in [2.45, 2.75) is 45.1 Å². The van der Waals surface area contributed by atoms with Gasteiger partial charge in [0.25, 0.3) is 0 Å². The van der Waals surface area contributed by atoms with E-state index >= 15 is 0 Å². The lowest BCUT2D eigenvalue weighted by Crippen LogP contribution is -2.47. The zero-order valence-electron chi connectivity index (χ0n) is 12.9. The summed E-state index contributed by atoms with van der Waals surface area (Å²) >= 11 is 0. The van der Waals surface area contributed by atoms with E-state index in [2.05, 4.69) is 11.4 Å². The number of aryl methyl sites for hydroxylation is 1. The Hall–Kier alpha value is -1.84. The Bertz CT molecular complexity index is 525. The Labute approximate surface area is 125 Å². The van der Waals surface area contributed by atoms with Gasteiger partial charge in [0.05, 0.1) is 13.0 Å². The first-order valence-electron chi connectivity index (χ1n) is 7.50. The Morgan fingerprint density at radius 3 is 2.67 bits per heavy atom. The van der Waals surface area contributed by atoms with Gasteiger partial charge in [-0.3, -0.25) is 4.79 Å². The maximum absolute atomic E-state index is 12.6. The van der Waals surface area contributed by atoms with Crippen LogP contribution < -0.4 is 5.32 Å². The molecule has 0 bridgehead atoms. The molecule has 0 saturated carbocycles. The van der Waals surface area contributed by atoms with Gasteiger partial charge in [0, 0.05) is 0 Å². The van der Waals surface area contributed by atoms with E-state index in [0.29, 0.717) is 0 Å². The molecular weight excluding hydrogens is 266 g/mol. The lowest BCUT2D eigenvalue weighted by atomic mass is 9.82. The van der Waals surface area contributed by atoms with Crippen molar-refractivity contribution in [3.05, 3.63) is 35.4 Å². The van der Waals surface area contributed by atoms with E-state index in [1.165, 1.54) is 12.7 Å². The number of esters is 1. The van der Waals surface area contributed by atoms with E-state index in [-0.39, 0.29) is 23.7 Å². The molecule has 1 aliphatic carbocycles. The van der Waals surface area contributed by atoms with Gasteiger partial charge in [0.15, 0.2) is 0 Å². The fourth-order valence-electron chi connectivity index (χ4n) is 2.90. The van der Waals surface area contributed by atoms with E-state index in [0.717, 1.165) is 24.8 Å². The molecule has 1 aromatic carbocycles. The predicted molar refractivity (Wildman–Crippen MR) is 80.9 cm³/mol. The van der Waals surface area contributed by atoms with Crippen LogP contribution in [0.4, 0.5) is 0 Å². The minimum absolute atomic E-state index is 0.000217. The van der Waals surface area contributed by atoms with Crippen molar-refractivity contribution in [3.8, 4) is 0 Å². The smallest absolute Gasteiger partial charge is 0.328 e. The van der Waals surface area contributed by atoms with Gasteiger partial charge >= 0.3 is 5.97 Å². The lowest BCUT2D eigenvalue weighted by Gasteiger charge is -2.27. The summed E-state index contributed by atoms with van der Waals surface area (Å²) in [6.45, 7) is 3.80. The van der Waals surface area contributed by atoms with Crippen molar-refractivity contribution in [1.29, 1.82) is 0 Å². The largest absolute Gasteiger partial charge is 0.467 e. The molecule has 0 heterocycles. The molecule has 0 aromatic heterocycles. The third kappa shape index (κ3) is 3.43. The molecule has 0 spiro atoms. The number of hydrogen-bond donors (Lipinski definition) is 1. The number of fused-ring (bicyclic) bond motifs is 1. The Morgan fingerprint density at radius 1 is 1.29 bits per heavy atom. The Morgan fingerprint density at radius 2 is 2.00 bits per heavy atom. The topological polar surface area (TPSA) is 55.4 Å². The molecule has 1 amide bonds. The molecule has 4 heteroatoms. The Balaban J connectivity index is 2.16. The average molecular weight is 289 g/mol. The minimum Gasteiger partial charge on any atom is -0.467 e. The fraction of sp³-hybridized carbons (Fsp3) is 0.529. The maximum Gasteiger partial charge on any atom is 0.328 e. The summed E-state index contributed by atoms with van der Waals surface area (Å²) in [5, 5.41) is 2.86. The summed E-state index contributed by atoms with van der Waals surface area (Å²) in [7, 11) is 1.35. The third-order valence-electron chi connectivity index (χ3n) is 4.11. The lowest BCUT2D eigenvalue weighted by molar-refractivity contribution is -0.146. The minimum atomic E-state index is -0.586. The van der Waals surface area contributed by atoms with Crippen LogP contribution in [0.25, 0.3) is 0 Å². The molecule has 4 nitrogen and oxygen atoms in total. The van der Waals surface area contributed by atoms with Gasteiger partial charge in [0.2, 0.25) is 5.91 Å². The number of amides is 1. The van der Waals surface area contributed by atoms with E-state index in [9.17, 15) is 9.59 Å². The summed E-state index contributed by atoms with van der Waals surface area (Å²) in [5.41, 5.74) is 2.33. The molecule has 0 radical (unpaired) electrons. The van der Waals surface area contributed by atoms with E-state index in [1.807, 2.05) is 32.0 Å². The quantitative estimate of drug-likeness (QED) is 0.866. The summed E-state index contributed by atoms with van der Waals surface area (Å²) in [6, 6.07) is 7.47. The molecule has 114 valence electrons. The van der Waals surface area contributed by atoms with Crippen LogP contribution in [0.1, 0.15) is 43.7 Å². The van der Waals surface area contributed by atoms with Crippen molar-refractivity contribution in [2.75, 3.05) is 7.11 Å². The van der Waals surface area contributed by atoms with Crippen molar-refractivity contribution >= 4 is 11.9 Å². The number of carbonyl (C=O) groups excluding carboxylic acids is 2. The monoisotopic (exact) mass is 289 g/mol. The molecule has 0 saturated heterocycles. The van der Waals surface area contributed by atoms with Gasteiger partial charge in [0.1, 0.15) is 6.04 Å². The highest BCUT2D eigenvalue weighted by molar-refractivity contribution is 5.89. The van der Waals surface area contributed by atoms with Crippen LogP contribution in [0, 0.1) is 5.92 Å². The van der Waals surface area contributed by atoms with Gasteiger partial charge in [-0.05, 0) is 36.3 Å². The molecule has 1 N–H and O–H groups in total. The van der Waals surface area contributed by atoms with E-state index in [4.69, 9.17) is 4.74 Å². The number of rotatable bonds is 4. The van der Waals surface area contributed by atoms with Crippen molar-refractivity contribution in [2.24, 2.45) is 5.92 Å². The van der Waals surface area contributed by atoms with Crippen LogP contribution >= 0.6 is 0 Å². The van der Waals surface area contributed by atoms with Crippen LogP contribution in [0.2, 0.25) is 0 Å². The number of ether oxygens (including phenoxy) is 1. The second kappa shape index (κ2) is 6.74. The van der Waals surface area contributed by atoms with Gasteiger partial charge in [-0.2, -0.15) is 0 Å².